The van der Waals surface area contributed by atoms with Crippen molar-refractivity contribution >= 4 is 11.6 Å². The Labute approximate surface area is 127 Å². The topological polar surface area (TPSA) is 67.6 Å². The Morgan fingerprint density at radius 2 is 2.14 bits per heavy atom. The number of hydrogen-bond acceptors (Lipinski definition) is 4. The summed E-state index contributed by atoms with van der Waals surface area (Å²) in [5.74, 6) is 0.347. The summed E-state index contributed by atoms with van der Waals surface area (Å²) in [6, 6.07) is 5.76. The molecule has 0 aliphatic carbocycles. The molecule has 0 saturated carbocycles. The normalized spacial score (nSPS) is 12.2. The molecule has 1 amide bonds. The highest BCUT2D eigenvalue weighted by atomic mass is 16.5. The van der Waals surface area contributed by atoms with E-state index in [0.717, 1.165) is 13.0 Å². The molecule has 118 valence electrons. The van der Waals surface area contributed by atoms with Gasteiger partial charge in [-0.05, 0) is 39.4 Å². The van der Waals surface area contributed by atoms with E-state index in [9.17, 15) is 4.79 Å². The SMILES string of the molecule is CCOc1cccc(N)c1C(=O)NCCN(C)C(C)CC. The van der Waals surface area contributed by atoms with Crippen LogP contribution in [0.15, 0.2) is 18.2 Å². The molecule has 0 saturated heterocycles. The predicted molar refractivity (Wildman–Crippen MR) is 86.7 cm³/mol. The van der Waals surface area contributed by atoms with Crippen LogP contribution in [0.2, 0.25) is 0 Å². The summed E-state index contributed by atoms with van der Waals surface area (Å²) in [6.07, 6.45) is 1.09. The third kappa shape index (κ3) is 4.93. The Morgan fingerprint density at radius 1 is 1.43 bits per heavy atom. The number of nitrogens with one attached hydrogen (secondary N) is 1. The Balaban J connectivity index is 2.64. The Bertz CT molecular complexity index is 463. The lowest BCUT2D eigenvalue weighted by molar-refractivity contribution is 0.0944. The molecule has 1 aromatic carbocycles. The maximum absolute atomic E-state index is 12.3. The van der Waals surface area contributed by atoms with Crippen molar-refractivity contribution in [3.8, 4) is 5.75 Å². The molecule has 0 bridgehead atoms. The minimum Gasteiger partial charge on any atom is -0.493 e. The number of rotatable bonds is 8. The number of ether oxygens (including phenoxy) is 1. The van der Waals surface area contributed by atoms with Gasteiger partial charge in [0.15, 0.2) is 0 Å². The molecule has 1 aromatic rings. The smallest absolute Gasteiger partial charge is 0.257 e. The van der Waals surface area contributed by atoms with Gasteiger partial charge in [0, 0.05) is 24.8 Å². The van der Waals surface area contributed by atoms with Gasteiger partial charge in [-0.1, -0.05) is 13.0 Å². The van der Waals surface area contributed by atoms with Crippen LogP contribution in [-0.4, -0.2) is 43.6 Å². The summed E-state index contributed by atoms with van der Waals surface area (Å²) in [5, 5.41) is 2.91. The predicted octanol–water partition coefficient (Wildman–Crippen LogP) is 2.13. The van der Waals surface area contributed by atoms with Crippen molar-refractivity contribution in [1.82, 2.24) is 10.2 Å². The minimum atomic E-state index is -0.186. The molecule has 1 unspecified atom stereocenters. The van der Waals surface area contributed by atoms with E-state index < -0.39 is 0 Å². The molecule has 3 N–H and O–H groups in total. The molecular weight excluding hydrogens is 266 g/mol. The number of benzene rings is 1. The zero-order valence-electron chi connectivity index (χ0n) is 13.5. The summed E-state index contributed by atoms with van der Waals surface area (Å²) in [4.78, 5) is 14.5. The van der Waals surface area contributed by atoms with Crippen LogP contribution in [0, 0.1) is 0 Å². The average Bonchev–Trinajstić information content (AvgIpc) is 2.46. The number of hydrogen-bond donors (Lipinski definition) is 2. The van der Waals surface area contributed by atoms with Crippen LogP contribution in [0.3, 0.4) is 0 Å². The van der Waals surface area contributed by atoms with Crippen LogP contribution in [0.25, 0.3) is 0 Å². The van der Waals surface area contributed by atoms with E-state index >= 15 is 0 Å². The Kier molecular flexibility index (Phi) is 7.02. The lowest BCUT2D eigenvalue weighted by atomic mass is 10.1. The fourth-order valence-corrected chi connectivity index (χ4v) is 2.03. The summed E-state index contributed by atoms with van der Waals surface area (Å²) in [6.45, 7) is 8.09. The van der Waals surface area contributed by atoms with Crippen molar-refractivity contribution in [2.75, 3.05) is 32.5 Å². The molecule has 1 rings (SSSR count). The lowest BCUT2D eigenvalue weighted by Gasteiger charge is -2.23. The standard InChI is InChI=1S/C16H27N3O2/c1-5-12(3)19(4)11-10-18-16(20)15-13(17)8-7-9-14(15)21-6-2/h7-9,12H,5-6,10-11,17H2,1-4H3,(H,18,20). The van der Waals surface area contributed by atoms with Crippen LogP contribution in [0.1, 0.15) is 37.6 Å². The largest absolute Gasteiger partial charge is 0.493 e. The van der Waals surface area contributed by atoms with Crippen LogP contribution in [0.5, 0.6) is 5.75 Å². The number of nitrogen functional groups attached to an aromatic ring is 1. The number of carbonyl (C=O) groups is 1. The monoisotopic (exact) mass is 293 g/mol. The van der Waals surface area contributed by atoms with Crippen LogP contribution in [-0.2, 0) is 0 Å². The molecule has 0 aliphatic rings. The first-order valence-electron chi connectivity index (χ1n) is 7.50. The molecule has 0 radical (unpaired) electrons. The summed E-state index contributed by atoms with van der Waals surface area (Å²) < 4.78 is 5.47. The van der Waals surface area contributed by atoms with Gasteiger partial charge in [0.05, 0.1) is 6.61 Å². The minimum absolute atomic E-state index is 0.186. The highest BCUT2D eigenvalue weighted by molar-refractivity contribution is 6.01. The van der Waals surface area contributed by atoms with Crippen molar-refractivity contribution in [3.05, 3.63) is 23.8 Å². The summed E-state index contributed by atoms with van der Waals surface area (Å²) in [5.41, 5.74) is 6.76. The maximum atomic E-state index is 12.3. The number of amides is 1. The van der Waals surface area contributed by atoms with Crippen LogP contribution < -0.4 is 15.8 Å². The second kappa shape index (κ2) is 8.52. The quantitative estimate of drug-likeness (QED) is 0.721. The van der Waals surface area contributed by atoms with E-state index in [4.69, 9.17) is 10.5 Å². The fraction of sp³-hybridized carbons (Fsp3) is 0.562. The highest BCUT2D eigenvalue weighted by Gasteiger charge is 2.16. The van der Waals surface area contributed by atoms with E-state index in [1.165, 1.54) is 0 Å². The second-order valence-corrected chi connectivity index (χ2v) is 5.15. The van der Waals surface area contributed by atoms with E-state index in [0.29, 0.717) is 36.2 Å². The van der Waals surface area contributed by atoms with Crippen molar-refractivity contribution in [2.24, 2.45) is 0 Å². The van der Waals surface area contributed by atoms with Gasteiger partial charge in [-0.15, -0.1) is 0 Å². The lowest BCUT2D eigenvalue weighted by Crippen LogP contribution is -2.37. The molecule has 5 heteroatoms. The third-order valence-electron chi connectivity index (χ3n) is 3.68. The summed E-state index contributed by atoms with van der Waals surface area (Å²) in [7, 11) is 2.06. The molecule has 0 heterocycles. The second-order valence-electron chi connectivity index (χ2n) is 5.15. The van der Waals surface area contributed by atoms with Gasteiger partial charge in [0.2, 0.25) is 0 Å². The first kappa shape index (κ1) is 17.3. The number of carbonyl (C=O) groups excluding carboxylic acids is 1. The van der Waals surface area contributed by atoms with Gasteiger partial charge in [0.1, 0.15) is 11.3 Å². The molecule has 5 nitrogen and oxygen atoms in total. The van der Waals surface area contributed by atoms with Gasteiger partial charge in [-0.2, -0.15) is 0 Å². The molecular formula is C16H27N3O2. The molecule has 1 atom stereocenters. The van der Waals surface area contributed by atoms with Gasteiger partial charge in [-0.3, -0.25) is 4.79 Å². The van der Waals surface area contributed by atoms with Gasteiger partial charge in [-0.25, -0.2) is 0 Å². The molecule has 0 aromatic heterocycles. The fourth-order valence-electron chi connectivity index (χ4n) is 2.03. The van der Waals surface area contributed by atoms with Crippen molar-refractivity contribution in [2.45, 2.75) is 33.2 Å². The van der Waals surface area contributed by atoms with E-state index in [2.05, 4.69) is 31.1 Å². The third-order valence-corrected chi connectivity index (χ3v) is 3.68. The number of nitrogens with zero attached hydrogens (tertiary/aromatic N) is 1. The highest BCUT2D eigenvalue weighted by Crippen LogP contribution is 2.24. The Hall–Kier alpha value is -1.75. The van der Waals surface area contributed by atoms with Crippen LogP contribution >= 0.6 is 0 Å². The van der Waals surface area contributed by atoms with Gasteiger partial charge >= 0.3 is 0 Å². The maximum Gasteiger partial charge on any atom is 0.257 e. The van der Waals surface area contributed by atoms with E-state index in [-0.39, 0.29) is 5.91 Å². The molecule has 21 heavy (non-hydrogen) atoms. The number of nitrogens with two attached hydrogens (primary N) is 1. The van der Waals surface area contributed by atoms with E-state index in [1.807, 2.05) is 6.92 Å². The van der Waals surface area contributed by atoms with Crippen molar-refractivity contribution in [3.63, 3.8) is 0 Å². The zero-order valence-corrected chi connectivity index (χ0v) is 13.5. The van der Waals surface area contributed by atoms with Gasteiger partial charge in [0.25, 0.3) is 5.91 Å². The van der Waals surface area contributed by atoms with Crippen molar-refractivity contribution in [1.29, 1.82) is 0 Å². The van der Waals surface area contributed by atoms with Crippen LogP contribution in [0.4, 0.5) is 5.69 Å². The summed E-state index contributed by atoms with van der Waals surface area (Å²) >= 11 is 0. The zero-order chi connectivity index (χ0) is 15.8. The van der Waals surface area contributed by atoms with E-state index in [1.54, 1.807) is 18.2 Å². The first-order chi connectivity index (χ1) is 10.0. The molecule has 0 aliphatic heterocycles. The molecule has 0 fully saturated rings. The number of anilines is 1. The first-order valence-corrected chi connectivity index (χ1v) is 7.50. The van der Waals surface area contributed by atoms with Gasteiger partial charge < -0.3 is 20.7 Å². The van der Waals surface area contributed by atoms with Crippen molar-refractivity contribution < 1.29 is 9.53 Å². The Morgan fingerprint density at radius 3 is 2.76 bits per heavy atom. The number of likely N-dealkylation sites (N-methyl/N-ethyl adjacent to an activating group) is 1. The molecule has 0 spiro atoms. The average molecular weight is 293 g/mol.